The van der Waals surface area contributed by atoms with Crippen LogP contribution in [0.3, 0.4) is 0 Å². The van der Waals surface area contributed by atoms with Gasteiger partial charge in [-0.25, -0.2) is 9.37 Å². The first-order valence-corrected chi connectivity index (χ1v) is 8.41. The first-order valence-electron chi connectivity index (χ1n) is 8.41. The zero-order valence-corrected chi connectivity index (χ0v) is 15.0. The van der Waals surface area contributed by atoms with Gasteiger partial charge in [-0.2, -0.15) is 4.73 Å². The van der Waals surface area contributed by atoms with Gasteiger partial charge in [-0.3, -0.25) is 4.79 Å². The molecule has 3 rings (SSSR count). The number of hydrogen-bond acceptors (Lipinski definition) is 5. The molecule has 2 heterocycles. The predicted octanol–water partition coefficient (Wildman–Crippen LogP) is 2.40. The van der Waals surface area contributed by atoms with Crippen LogP contribution in [-0.2, 0) is 0 Å². The molecule has 7 nitrogen and oxygen atoms in total. The van der Waals surface area contributed by atoms with Gasteiger partial charge in [-0.05, 0) is 30.7 Å². The van der Waals surface area contributed by atoms with Gasteiger partial charge in [-0.1, -0.05) is 6.92 Å². The summed E-state index contributed by atoms with van der Waals surface area (Å²) >= 11 is 0. The molecule has 2 aromatic heterocycles. The second-order valence-electron chi connectivity index (χ2n) is 5.92. The number of nitrogens with zero attached hydrogens (tertiary/aromatic N) is 2. The second kappa shape index (κ2) is 7.45. The van der Waals surface area contributed by atoms with E-state index < -0.39 is 11.7 Å². The lowest BCUT2D eigenvalue weighted by Gasteiger charge is -2.14. The van der Waals surface area contributed by atoms with Crippen molar-refractivity contribution in [1.29, 1.82) is 0 Å². The van der Waals surface area contributed by atoms with Crippen molar-refractivity contribution in [2.24, 2.45) is 0 Å². The molecule has 0 aliphatic carbocycles. The number of nitrogen functional groups attached to an aromatic ring is 1. The van der Waals surface area contributed by atoms with E-state index in [-0.39, 0.29) is 28.2 Å². The summed E-state index contributed by atoms with van der Waals surface area (Å²) in [4.78, 5) is 16.4. The molecule has 1 aromatic carbocycles. The van der Waals surface area contributed by atoms with Crippen LogP contribution in [-0.4, -0.2) is 24.5 Å². The molecule has 3 N–H and O–H groups in total. The van der Waals surface area contributed by atoms with E-state index in [1.165, 1.54) is 25.4 Å². The molecule has 0 aliphatic rings. The van der Waals surface area contributed by atoms with Gasteiger partial charge >= 0.3 is 11.6 Å². The van der Waals surface area contributed by atoms with Crippen molar-refractivity contribution in [2.75, 3.05) is 19.4 Å². The van der Waals surface area contributed by atoms with Gasteiger partial charge in [0, 0.05) is 29.3 Å². The Hall–Kier alpha value is -3.42. The van der Waals surface area contributed by atoms with E-state index in [0.29, 0.717) is 28.6 Å². The van der Waals surface area contributed by atoms with Crippen LogP contribution in [0.5, 0.6) is 5.88 Å². The molecular formula is C19H19FN4O3. The molecule has 140 valence electrons. The average molecular weight is 370 g/mol. The Morgan fingerprint density at radius 3 is 2.85 bits per heavy atom. The largest absolute Gasteiger partial charge is 0.618 e. The molecule has 0 spiro atoms. The van der Waals surface area contributed by atoms with E-state index in [4.69, 9.17) is 10.5 Å². The number of carbonyl (C=O) groups excluding carboxylic acids is 1. The number of benzene rings is 1. The number of halogens is 1. The number of carbonyl (C=O) groups is 1. The summed E-state index contributed by atoms with van der Waals surface area (Å²) in [5.41, 5.74) is 6.39. The lowest BCUT2D eigenvalue weighted by atomic mass is 9.98. The van der Waals surface area contributed by atoms with E-state index in [2.05, 4.69) is 10.3 Å². The van der Waals surface area contributed by atoms with E-state index in [0.717, 1.165) is 6.20 Å². The minimum absolute atomic E-state index is 0.0137. The number of hydrogen-bond donors (Lipinski definition) is 2. The van der Waals surface area contributed by atoms with Crippen molar-refractivity contribution in [3.8, 4) is 17.0 Å². The van der Waals surface area contributed by atoms with E-state index in [1.807, 2.05) is 6.92 Å². The number of rotatable bonds is 5. The van der Waals surface area contributed by atoms with E-state index in [9.17, 15) is 14.4 Å². The zero-order chi connectivity index (χ0) is 19.6. The molecular weight excluding hydrogens is 351 g/mol. The Balaban J connectivity index is 2.29. The van der Waals surface area contributed by atoms with Crippen molar-refractivity contribution in [3.63, 3.8) is 0 Å². The third kappa shape index (κ3) is 3.21. The fourth-order valence-electron chi connectivity index (χ4n) is 2.95. The highest BCUT2D eigenvalue weighted by molar-refractivity contribution is 6.08. The van der Waals surface area contributed by atoms with Crippen LogP contribution >= 0.6 is 0 Å². The Bertz CT molecular complexity index is 1020. The quantitative estimate of drug-likeness (QED) is 0.530. The maximum atomic E-state index is 14.7. The minimum atomic E-state index is -0.573. The third-order valence-corrected chi connectivity index (χ3v) is 4.19. The van der Waals surface area contributed by atoms with Crippen LogP contribution in [0.2, 0.25) is 0 Å². The Morgan fingerprint density at radius 2 is 2.15 bits per heavy atom. The summed E-state index contributed by atoms with van der Waals surface area (Å²) in [5, 5.41) is 15.8. The molecule has 3 aromatic rings. The SMILES string of the molecule is CCCNC(=O)c1c(N)c2ccc(F)c(-c3cccnc3OC)c2c[n+]1[O-]. The van der Waals surface area contributed by atoms with Gasteiger partial charge in [0.2, 0.25) is 5.88 Å². The molecule has 1 amide bonds. The smallest absolute Gasteiger partial charge is 0.319 e. The van der Waals surface area contributed by atoms with Crippen molar-refractivity contribution in [3.05, 3.63) is 53.4 Å². The van der Waals surface area contributed by atoms with Crippen LogP contribution in [0.25, 0.3) is 21.9 Å². The average Bonchev–Trinajstić information content (AvgIpc) is 2.66. The lowest BCUT2D eigenvalue weighted by molar-refractivity contribution is -0.605. The fourth-order valence-corrected chi connectivity index (χ4v) is 2.95. The number of fused-ring (bicyclic) bond motifs is 1. The highest BCUT2D eigenvalue weighted by Gasteiger charge is 2.26. The number of aromatic nitrogens is 2. The van der Waals surface area contributed by atoms with Crippen molar-refractivity contribution in [2.45, 2.75) is 13.3 Å². The Morgan fingerprint density at radius 1 is 1.37 bits per heavy atom. The number of nitrogens with two attached hydrogens (primary N) is 1. The molecule has 27 heavy (non-hydrogen) atoms. The Labute approximate surface area is 155 Å². The Kier molecular flexibility index (Phi) is 5.07. The molecule has 8 heteroatoms. The molecule has 0 unspecified atom stereocenters. The third-order valence-electron chi connectivity index (χ3n) is 4.19. The van der Waals surface area contributed by atoms with Crippen LogP contribution in [0.1, 0.15) is 23.8 Å². The number of nitrogens with one attached hydrogen (secondary N) is 1. The van der Waals surface area contributed by atoms with E-state index in [1.54, 1.807) is 12.1 Å². The van der Waals surface area contributed by atoms with Crippen molar-refractivity contribution < 1.29 is 18.7 Å². The highest BCUT2D eigenvalue weighted by atomic mass is 19.1. The highest BCUT2D eigenvalue weighted by Crippen LogP contribution is 2.37. The van der Waals surface area contributed by atoms with Gasteiger partial charge in [0.1, 0.15) is 11.5 Å². The van der Waals surface area contributed by atoms with Gasteiger partial charge in [0.25, 0.3) is 0 Å². The summed E-state index contributed by atoms with van der Waals surface area (Å²) in [6.07, 6.45) is 3.38. The molecule has 0 radical (unpaired) electrons. The van der Waals surface area contributed by atoms with Crippen molar-refractivity contribution in [1.82, 2.24) is 10.3 Å². The number of methoxy groups -OCH3 is 1. The lowest BCUT2D eigenvalue weighted by Crippen LogP contribution is -2.40. The minimum Gasteiger partial charge on any atom is -0.618 e. The first kappa shape index (κ1) is 18.4. The number of amides is 1. The second-order valence-corrected chi connectivity index (χ2v) is 5.92. The molecule has 0 aliphatic heterocycles. The number of ether oxygens (including phenoxy) is 1. The van der Waals surface area contributed by atoms with Crippen molar-refractivity contribution >= 4 is 22.4 Å². The van der Waals surface area contributed by atoms with Crippen LogP contribution in [0, 0.1) is 11.0 Å². The summed E-state index contributed by atoms with van der Waals surface area (Å²) in [6.45, 7) is 2.31. The number of pyridine rings is 2. The van der Waals surface area contributed by atoms with Crippen LogP contribution < -0.4 is 20.5 Å². The summed E-state index contributed by atoms with van der Waals surface area (Å²) in [6, 6.07) is 5.96. The predicted molar refractivity (Wildman–Crippen MR) is 99.7 cm³/mol. The zero-order valence-electron chi connectivity index (χ0n) is 15.0. The van der Waals surface area contributed by atoms with Gasteiger partial charge in [0.15, 0.2) is 6.20 Å². The summed E-state index contributed by atoms with van der Waals surface area (Å²) in [5.74, 6) is -0.919. The fraction of sp³-hybridized carbons (Fsp3) is 0.211. The molecule has 0 bridgehead atoms. The van der Waals surface area contributed by atoms with Gasteiger partial charge in [-0.15, -0.1) is 0 Å². The molecule has 0 saturated heterocycles. The molecule has 0 atom stereocenters. The van der Waals surface area contributed by atoms with Gasteiger partial charge < -0.3 is 21.0 Å². The van der Waals surface area contributed by atoms with Crippen LogP contribution in [0.15, 0.2) is 36.7 Å². The van der Waals surface area contributed by atoms with Gasteiger partial charge in [0.05, 0.1) is 12.5 Å². The standard InChI is InChI=1S/C19H19FN4O3/c1-3-8-22-18(25)17-16(21)11-6-7-14(20)15(13(11)10-24(17)26)12-5-4-9-23-19(12)27-2/h4-7,9-10H,3,8,21H2,1-2H3,(H,22,25). The summed E-state index contributed by atoms with van der Waals surface area (Å²) < 4.78 is 20.3. The molecule has 0 fully saturated rings. The normalized spacial score (nSPS) is 10.8. The monoisotopic (exact) mass is 370 g/mol. The van der Waals surface area contributed by atoms with E-state index >= 15 is 0 Å². The first-order chi connectivity index (χ1) is 13.0. The summed E-state index contributed by atoms with van der Waals surface area (Å²) in [7, 11) is 1.42. The maximum Gasteiger partial charge on any atom is 0.319 e. The van der Waals surface area contributed by atoms with Crippen LogP contribution in [0.4, 0.5) is 10.1 Å². The topological polar surface area (TPSA) is 104 Å². The number of anilines is 1. The maximum absolute atomic E-state index is 14.7. The molecule has 0 saturated carbocycles.